The van der Waals surface area contributed by atoms with Crippen molar-refractivity contribution in [3.05, 3.63) is 35.9 Å². The van der Waals surface area contributed by atoms with Crippen molar-refractivity contribution >= 4 is 5.91 Å². The van der Waals surface area contributed by atoms with Crippen LogP contribution in [0, 0.1) is 0 Å². The molecule has 1 aromatic carbocycles. The van der Waals surface area contributed by atoms with Gasteiger partial charge in [0.1, 0.15) is 5.54 Å². The summed E-state index contributed by atoms with van der Waals surface area (Å²) < 4.78 is 0. The van der Waals surface area contributed by atoms with Gasteiger partial charge < -0.3 is 11.1 Å². The van der Waals surface area contributed by atoms with E-state index < -0.39 is 5.54 Å². The molecular formula is C12H18N2O. The second-order valence-corrected chi connectivity index (χ2v) is 3.64. The summed E-state index contributed by atoms with van der Waals surface area (Å²) >= 11 is 0. The third kappa shape index (κ3) is 2.18. The van der Waals surface area contributed by atoms with Gasteiger partial charge in [0.25, 0.3) is 0 Å². The van der Waals surface area contributed by atoms with Gasteiger partial charge in [0.15, 0.2) is 0 Å². The van der Waals surface area contributed by atoms with Crippen LogP contribution < -0.4 is 11.1 Å². The molecule has 1 atom stereocenters. The monoisotopic (exact) mass is 206 g/mol. The number of benzene rings is 1. The van der Waals surface area contributed by atoms with E-state index in [-0.39, 0.29) is 5.91 Å². The third-order valence-corrected chi connectivity index (χ3v) is 2.74. The van der Waals surface area contributed by atoms with Gasteiger partial charge in [-0.1, -0.05) is 43.7 Å². The van der Waals surface area contributed by atoms with Crippen molar-refractivity contribution in [3.8, 4) is 0 Å². The number of nitrogens with two attached hydrogens (primary N) is 1. The highest BCUT2D eigenvalue weighted by Gasteiger charge is 2.35. The molecule has 0 radical (unpaired) electrons. The average molecular weight is 206 g/mol. The van der Waals surface area contributed by atoms with E-state index in [1.165, 1.54) is 0 Å². The summed E-state index contributed by atoms with van der Waals surface area (Å²) in [7, 11) is 1.77. The molecule has 1 unspecified atom stereocenters. The quantitative estimate of drug-likeness (QED) is 0.765. The zero-order chi connectivity index (χ0) is 11.3. The lowest BCUT2D eigenvalue weighted by molar-refractivity contribution is -0.125. The molecule has 0 aromatic heterocycles. The largest absolute Gasteiger partial charge is 0.368 e. The minimum atomic E-state index is -0.726. The van der Waals surface area contributed by atoms with Crippen molar-refractivity contribution in [1.82, 2.24) is 5.32 Å². The lowest BCUT2D eigenvalue weighted by Crippen LogP contribution is -2.51. The average Bonchev–Trinajstić information content (AvgIpc) is 2.26. The molecule has 0 aliphatic rings. The predicted molar refractivity (Wildman–Crippen MR) is 61.3 cm³/mol. The van der Waals surface area contributed by atoms with E-state index >= 15 is 0 Å². The van der Waals surface area contributed by atoms with Crippen molar-refractivity contribution in [2.24, 2.45) is 5.73 Å². The Hall–Kier alpha value is -1.35. The van der Waals surface area contributed by atoms with Gasteiger partial charge in [-0.05, 0) is 19.0 Å². The van der Waals surface area contributed by atoms with Crippen molar-refractivity contribution in [1.29, 1.82) is 0 Å². The Morgan fingerprint density at radius 2 is 2.00 bits per heavy atom. The van der Waals surface area contributed by atoms with Crippen molar-refractivity contribution in [3.63, 3.8) is 0 Å². The highest BCUT2D eigenvalue weighted by molar-refractivity contribution is 5.86. The Kier molecular flexibility index (Phi) is 3.86. The Morgan fingerprint density at radius 1 is 1.40 bits per heavy atom. The number of carbonyl (C=O) groups excluding carboxylic acids is 1. The van der Waals surface area contributed by atoms with Crippen LogP contribution in [0.5, 0.6) is 0 Å². The second-order valence-electron chi connectivity index (χ2n) is 3.64. The predicted octanol–water partition coefficient (Wildman–Crippen LogP) is 1.39. The first-order valence-corrected chi connectivity index (χ1v) is 5.21. The Morgan fingerprint density at radius 3 is 2.40 bits per heavy atom. The van der Waals surface area contributed by atoms with Crippen LogP contribution in [-0.2, 0) is 10.3 Å². The number of nitrogens with one attached hydrogen (secondary N) is 1. The number of primary amides is 1. The Labute approximate surface area is 90.7 Å². The molecule has 0 bridgehead atoms. The van der Waals surface area contributed by atoms with Crippen LogP contribution in [0.15, 0.2) is 30.3 Å². The number of hydrogen-bond donors (Lipinski definition) is 2. The van der Waals surface area contributed by atoms with Gasteiger partial charge >= 0.3 is 0 Å². The summed E-state index contributed by atoms with van der Waals surface area (Å²) in [6.07, 6.45) is 1.61. The number of likely N-dealkylation sites (N-methyl/N-ethyl adjacent to an activating group) is 1. The van der Waals surface area contributed by atoms with E-state index in [1.807, 2.05) is 37.3 Å². The summed E-state index contributed by atoms with van der Waals surface area (Å²) in [4.78, 5) is 11.6. The van der Waals surface area contributed by atoms with Crippen LogP contribution in [0.25, 0.3) is 0 Å². The van der Waals surface area contributed by atoms with E-state index in [1.54, 1.807) is 7.05 Å². The zero-order valence-corrected chi connectivity index (χ0v) is 9.29. The fraction of sp³-hybridized carbons (Fsp3) is 0.417. The maximum absolute atomic E-state index is 11.6. The van der Waals surface area contributed by atoms with Gasteiger partial charge in [-0.2, -0.15) is 0 Å². The van der Waals surface area contributed by atoms with E-state index in [9.17, 15) is 4.79 Å². The first-order valence-electron chi connectivity index (χ1n) is 5.21. The SMILES string of the molecule is CCCC(NC)(C(N)=O)c1ccccc1. The summed E-state index contributed by atoms with van der Waals surface area (Å²) in [5, 5.41) is 3.06. The van der Waals surface area contributed by atoms with E-state index in [2.05, 4.69) is 5.32 Å². The smallest absolute Gasteiger partial charge is 0.242 e. The summed E-state index contributed by atoms with van der Waals surface area (Å²) in [6.45, 7) is 2.04. The molecule has 0 spiro atoms. The highest BCUT2D eigenvalue weighted by atomic mass is 16.1. The van der Waals surface area contributed by atoms with Gasteiger partial charge in [-0.25, -0.2) is 0 Å². The lowest BCUT2D eigenvalue weighted by atomic mass is 9.85. The van der Waals surface area contributed by atoms with Crippen molar-refractivity contribution < 1.29 is 4.79 Å². The topological polar surface area (TPSA) is 55.1 Å². The molecule has 3 N–H and O–H groups in total. The van der Waals surface area contributed by atoms with Crippen LogP contribution in [0.1, 0.15) is 25.3 Å². The second kappa shape index (κ2) is 4.94. The van der Waals surface area contributed by atoms with Crippen molar-refractivity contribution in [2.45, 2.75) is 25.3 Å². The molecule has 1 rings (SSSR count). The molecule has 1 amide bonds. The van der Waals surface area contributed by atoms with Crippen LogP contribution >= 0.6 is 0 Å². The van der Waals surface area contributed by atoms with Gasteiger partial charge in [-0.15, -0.1) is 0 Å². The van der Waals surface area contributed by atoms with Gasteiger partial charge in [0.05, 0.1) is 0 Å². The molecule has 1 aromatic rings. The third-order valence-electron chi connectivity index (χ3n) is 2.74. The number of amides is 1. The Balaban J connectivity index is 3.15. The lowest BCUT2D eigenvalue weighted by Gasteiger charge is -2.30. The molecule has 0 aliphatic carbocycles. The molecule has 82 valence electrons. The zero-order valence-electron chi connectivity index (χ0n) is 9.29. The van der Waals surface area contributed by atoms with E-state index in [4.69, 9.17) is 5.73 Å². The van der Waals surface area contributed by atoms with E-state index in [0.29, 0.717) is 6.42 Å². The fourth-order valence-electron chi connectivity index (χ4n) is 1.90. The van der Waals surface area contributed by atoms with E-state index in [0.717, 1.165) is 12.0 Å². The standard InChI is InChI=1S/C12H18N2O/c1-3-9-12(14-2,11(13)15)10-7-5-4-6-8-10/h4-8,14H,3,9H2,1-2H3,(H2,13,15). The fourth-order valence-corrected chi connectivity index (χ4v) is 1.90. The summed E-state index contributed by atoms with van der Waals surface area (Å²) in [5.74, 6) is -0.321. The molecule has 0 fully saturated rings. The van der Waals surface area contributed by atoms with Gasteiger partial charge in [0.2, 0.25) is 5.91 Å². The van der Waals surface area contributed by atoms with Crippen LogP contribution in [0.3, 0.4) is 0 Å². The van der Waals surface area contributed by atoms with Crippen molar-refractivity contribution in [2.75, 3.05) is 7.05 Å². The number of carbonyl (C=O) groups is 1. The first-order chi connectivity index (χ1) is 7.17. The van der Waals surface area contributed by atoms with Crippen LogP contribution in [-0.4, -0.2) is 13.0 Å². The van der Waals surface area contributed by atoms with Gasteiger partial charge in [0, 0.05) is 0 Å². The molecule has 3 heteroatoms. The molecule has 0 heterocycles. The van der Waals surface area contributed by atoms with Crippen LogP contribution in [0.4, 0.5) is 0 Å². The molecule has 3 nitrogen and oxygen atoms in total. The molecular weight excluding hydrogens is 188 g/mol. The first kappa shape index (κ1) is 11.7. The summed E-state index contributed by atoms with van der Waals surface area (Å²) in [5.41, 5.74) is 5.70. The summed E-state index contributed by atoms with van der Waals surface area (Å²) in [6, 6.07) is 9.62. The number of hydrogen-bond acceptors (Lipinski definition) is 2. The maximum Gasteiger partial charge on any atom is 0.242 e. The molecule has 15 heavy (non-hydrogen) atoms. The van der Waals surface area contributed by atoms with Crippen LogP contribution in [0.2, 0.25) is 0 Å². The number of rotatable bonds is 5. The maximum atomic E-state index is 11.6. The molecule has 0 saturated carbocycles. The minimum absolute atomic E-state index is 0.321. The Bertz CT molecular complexity index is 324. The minimum Gasteiger partial charge on any atom is -0.368 e. The van der Waals surface area contributed by atoms with Gasteiger partial charge in [-0.3, -0.25) is 4.79 Å². The molecule has 0 aliphatic heterocycles. The molecule has 0 saturated heterocycles. The highest BCUT2D eigenvalue weighted by Crippen LogP contribution is 2.25. The normalized spacial score (nSPS) is 14.5.